The summed E-state index contributed by atoms with van der Waals surface area (Å²) in [7, 11) is 1.95. The summed E-state index contributed by atoms with van der Waals surface area (Å²) in [5, 5.41) is 2.21. The van der Waals surface area contributed by atoms with Crippen molar-refractivity contribution in [2.45, 2.75) is 25.2 Å². The standard InChI is InChI=1S/C12H17BrFN3/c1-15-17-5-2-3-9(4-6-17)10-7-11(14)12(13)16-8-10/h7-9,15H,2-6H2,1H3/t9-/m0/s1. The van der Waals surface area contributed by atoms with Gasteiger partial charge in [-0.25, -0.2) is 14.4 Å². The molecule has 1 aromatic rings. The highest BCUT2D eigenvalue weighted by Crippen LogP contribution is 2.28. The van der Waals surface area contributed by atoms with Crippen molar-refractivity contribution in [2.75, 3.05) is 20.1 Å². The molecule has 2 rings (SSSR count). The monoisotopic (exact) mass is 301 g/mol. The van der Waals surface area contributed by atoms with Crippen molar-refractivity contribution >= 4 is 15.9 Å². The fourth-order valence-corrected chi connectivity index (χ4v) is 2.53. The van der Waals surface area contributed by atoms with Gasteiger partial charge in [-0.1, -0.05) is 0 Å². The molecule has 0 spiro atoms. The lowest BCUT2D eigenvalue weighted by Gasteiger charge is -2.18. The van der Waals surface area contributed by atoms with Crippen LogP contribution in [-0.4, -0.2) is 30.1 Å². The zero-order valence-electron chi connectivity index (χ0n) is 9.92. The second kappa shape index (κ2) is 5.89. The molecule has 1 fully saturated rings. The maximum absolute atomic E-state index is 13.4. The molecule has 1 N–H and O–H groups in total. The first-order valence-electron chi connectivity index (χ1n) is 5.94. The number of nitrogens with one attached hydrogen (secondary N) is 1. The molecule has 94 valence electrons. The Bertz CT molecular complexity index is 386. The van der Waals surface area contributed by atoms with Gasteiger partial charge in [-0.05, 0) is 59.8 Å². The number of aromatic nitrogens is 1. The molecule has 1 aromatic heterocycles. The molecular formula is C12H17BrFN3. The normalized spacial score (nSPS) is 22.4. The number of nitrogens with zero attached hydrogens (tertiary/aromatic N) is 2. The molecular weight excluding hydrogens is 285 g/mol. The smallest absolute Gasteiger partial charge is 0.156 e. The highest BCUT2D eigenvalue weighted by molar-refractivity contribution is 9.10. The molecule has 1 aliphatic heterocycles. The SMILES string of the molecule is CNN1CCC[C@H](c2cnc(Br)c(F)c2)CC1. The Morgan fingerprint density at radius 2 is 2.29 bits per heavy atom. The van der Waals surface area contributed by atoms with Crippen molar-refractivity contribution in [1.82, 2.24) is 15.4 Å². The topological polar surface area (TPSA) is 28.2 Å². The van der Waals surface area contributed by atoms with Gasteiger partial charge in [-0.15, -0.1) is 0 Å². The van der Waals surface area contributed by atoms with E-state index in [2.05, 4.69) is 31.3 Å². The average Bonchev–Trinajstić information content (AvgIpc) is 2.58. The van der Waals surface area contributed by atoms with Crippen LogP contribution in [0, 0.1) is 5.82 Å². The first-order valence-corrected chi connectivity index (χ1v) is 6.73. The third kappa shape index (κ3) is 3.24. The van der Waals surface area contributed by atoms with Crippen LogP contribution in [0.2, 0.25) is 0 Å². The molecule has 0 aromatic carbocycles. The van der Waals surface area contributed by atoms with E-state index in [1.54, 1.807) is 12.3 Å². The summed E-state index contributed by atoms with van der Waals surface area (Å²) in [5.74, 6) is 0.153. The zero-order valence-corrected chi connectivity index (χ0v) is 11.5. The van der Waals surface area contributed by atoms with Gasteiger partial charge in [0.1, 0.15) is 4.60 Å². The second-order valence-corrected chi connectivity index (χ2v) is 5.13. The van der Waals surface area contributed by atoms with Gasteiger partial charge >= 0.3 is 0 Å². The van der Waals surface area contributed by atoms with Crippen molar-refractivity contribution in [3.8, 4) is 0 Å². The Morgan fingerprint density at radius 1 is 1.47 bits per heavy atom. The highest BCUT2D eigenvalue weighted by Gasteiger charge is 2.18. The summed E-state index contributed by atoms with van der Waals surface area (Å²) >= 11 is 3.09. The summed E-state index contributed by atoms with van der Waals surface area (Å²) in [6.07, 6.45) is 5.06. The third-order valence-electron chi connectivity index (χ3n) is 3.33. The Hall–Kier alpha value is -0.520. The number of rotatable bonds is 2. The van der Waals surface area contributed by atoms with Crippen LogP contribution in [-0.2, 0) is 0 Å². The molecule has 0 amide bonds. The van der Waals surface area contributed by atoms with Crippen LogP contribution in [0.1, 0.15) is 30.7 Å². The molecule has 0 saturated carbocycles. The van der Waals surface area contributed by atoms with Crippen molar-refractivity contribution in [2.24, 2.45) is 0 Å². The minimum Gasteiger partial charge on any atom is -0.258 e. The predicted octanol–water partition coefficient (Wildman–Crippen LogP) is 2.69. The van der Waals surface area contributed by atoms with Gasteiger partial charge < -0.3 is 0 Å². The van der Waals surface area contributed by atoms with Crippen molar-refractivity contribution < 1.29 is 4.39 Å². The van der Waals surface area contributed by atoms with Crippen LogP contribution in [0.15, 0.2) is 16.9 Å². The molecule has 0 radical (unpaired) electrons. The predicted molar refractivity (Wildman–Crippen MR) is 69.1 cm³/mol. The van der Waals surface area contributed by atoms with Gasteiger partial charge in [0, 0.05) is 19.3 Å². The van der Waals surface area contributed by atoms with Crippen LogP contribution in [0.4, 0.5) is 4.39 Å². The van der Waals surface area contributed by atoms with Crippen LogP contribution in [0.25, 0.3) is 0 Å². The fraction of sp³-hybridized carbons (Fsp3) is 0.583. The molecule has 1 aliphatic rings. The Balaban J connectivity index is 2.08. The largest absolute Gasteiger partial charge is 0.258 e. The molecule has 0 bridgehead atoms. The van der Waals surface area contributed by atoms with Gasteiger partial charge in [-0.3, -0.25) is 5.43 Å². The van der Waals surface area contributed by atoms with E-state index < -0.39 is 0 Å². The second-order valence-electron chi connectivity index (χ2n) is 4.38. The molecule has 1 saturated heterocycles. The van der Waals surface area contributed by atoms with E-state index in [0.717, 1.165) is 37.9 Å². The van der Waals surface area contributed by atoms with Gasteiger partial charge in [0.2, 0.25) is 0 Å². The summed E-state index contributed by atoms with van der Waals surface area (Å²) in [6, 6.07) is 1.61. The summed E-state index contributed by atoms with van der Waals surface area (Å²) < 4.78 is 13.7. The highest BCUT2D eigenvalue weighted by atomic mass is 79.9. The van der Waals surface area contributed by atoms with Gasteiger partial charge in [-0.2, -0.15) is 0 Å². The maximum atomic E-state index is 13.4. The maximum Gasteiger partial charge on any atom is 0.156 e. The van der Waals surface area contributed by atoms with Gasteiger partial charge in [0.25, 0.3) is 0 Å². The zero-order chi connectivity index (χ0) is 12.3. The van der Waals surface area contributed by atoms with E-state index in [-0.39, 0.29) is 5.82 Å². The number of hydrogen-bond donors (Lipinski definition) is 1. The molecule has 5 heteroatoms. The van der Waals surface area contributed by atoms with Crippen molar-refractivity contribution in [3.05, 3.63) is 28.2 Å². The Morgan fingerprint density at radius 3 is 3.00 bits per heavy atom. The van der Waals surface area contributed by atoms with Crippen LogP contribution in [0.3, 0.4) is 0 Å². The number of halogens is 2. The Kier molecular flexibility index (Phi) is 4.48. The lowest BCUT2D eigenvalue weighted by atomic mass is 9.93. The van der Waals surface area contributed by atoms with Gasteiger partial charge in [0.15, 0.2) is 5.82 Å². The number of hydrazine groups is 1. The van der Waals surface area contributed by atoms with E-state index in [9.17, 15) is 4.39 Å². The van der Waals surface area contributed by atoms with Crippen LogP contribution >= 0.6 is 15.9 Å². The lowest BCUT2D eigenvalue weighted by molar-refractivity contribution is 0.216. The molecule has 17 heavy (non-hydrogen) atoms. The molecule has 3 nitrogen and oxygen atoms in total. The molecule has 0 aliphatic carbocycles. The van der Waals surface area contributed by atoms with Crippen molar-refractivity contribution in [3.63, 3.8) is 0 Å². The Labute approximate surface area is 110 Å². The van der Waals surface area contributed by atoms with Crippen LogP contribution in [0.5, 0.6) is 0 Å². The average molecular weight is 302 g/mol. The van der Waals surface area contributed by atoms with Crippen LogP contribution < -0.4 is 5.43 Å². The van der Waals surface area contributed by atoms with Crippen molar-refractivity contribution in [1.29, 1.82) is 0 Å². The molecule has 1 atom stereocenters. The quantitative estimate of drug-likeness (QED) is 0.851. The fourth-order valence-electron chi connectivity index (χ4n) is 2.31. The van der Waals surface area contributed by atoms with E-state index in [0.29, 0.717) is 10.5 Å². The van der Waals surface area contributed by atoms with E-state index >= 15 is 0 Å². The summed E-state index contributed by atoms with van der Waals surface area (Å²) in [5.41, 5.74) is 4.19. The first-order chi connectivity index (χ1) is 8.20. The summed E-state index contributed by atoms with van der Waals surface area (Å²) in [4.78, 5) is 4.04. The van der Waals surface area contributed by atoms with E-state index in [4.69, 9.17) is 0 Å². The van der Waals surface area contributed by atoms with Gasteiger partial charge in [0.05, 0.1) is 0 Å². The number of hydrogen-bond acceptors (Lipinski definition) is 3. The molecule has 2 heterocycles. The summed E-state index contributed by atoms with van der Waals surface area (Å²) in [6.45, 7) is 2.05. The molecule has 0 unspecified atom stereocenters. The third-order valence-corrected chi connectivity index (χ3v) is 3.92. The minimum atomic E-state index is -0.266. The minimum absolute atomic E-state index is 0.266. The lowest BCUT2D eigenvalue weighted by Crippen LogP contribution is -2.35. The van der Waals surface area contributed by atoms with E-state index in [1.165, 1.54) is 0 Å². The first kappa shape index (κ1) is 12.9. The number of pyridine rings is 1. The van der Waals surface area contributed by atoms with E-state index in [1.807, 2.05) is 7.05 Å².